The number of aromatic nitrogens is 1. The van der Waals surface area contributed by atoms with Crippen LogP contribution in [0.15, 0.2) is 32.6 Å². The number of nitrogens with one attached hydrogen (secondary N) is 1. The number of carboxylic acid groups (broad SMARTS) is 1. The summed E-state index contributed by atoms with van der Waals surface area (Å²) in [6, 6.07) is 3.80. The average molecular weight is 489 g/mol. The monoisotopic (exact) mass is 488 g/mol. The molecule has 2 aromatic heterocycles. The van der Waals surface area contributed by atoms with Gasteiger partial charge in [-0.1, -0.05) is 17.8 Å². The Balaban J connectivity index is 1.27. The van der Waals surface area contributed by atoms with E-state index in [1.54, 1.807) is 18.0 Å². The predicted molar refractivity (Wildman–Crippen MR) is 120 cm³/mol. The van der Waals surface area contributed by atoms with Crippen LogP contribution in [0.3, 0.4) is 0 Å². The molecule has 0 spiro atoms. The molecule has 174 valence electrons. The van der Waals surface area contributed by atoms with E-state index in [2.05, 4.69) is 4.98 Å². The normalized spacial score (nSPS) is 33.9. The number of thioether (sulfide) groups is 1. The molecule has 6 rings (SSSR count). The van der Waals surface area contributed by atoms with Gasteiger partial charge in [0.05, 0.1) is 33.9 Å². The molecule has 0 radical (unpaired) electrons. The van der Waals surface area contributed by atoms with Crippen molar-refractivity contribution in [3.63, 3.8) is 0 Å². The summed E-state index contributed by atoms with van der Waals surface area (Å²) in [5.74, 6) is -0.429. The molecule has 0 unspecified atom stereocenters. The largest absolute Gasteiger partial charge is 0.481 e. The summed E-state index contributed by atoms with van der Waals surface area (Å²) in [5.41, 5.74) is 0. The van der Waals surface area contributed by atoms with Gasteiger partial charge >= 0.3 is 10.8 Å². The van der Waals surface area contributed by atoms with Crippen molar-refractivity contribution in [1.29, 1.82) is 0 Å². The maximum absolute atomic E-state index is 13.4. The van der Waals surface area contributed by atoms with E-state index in [0.29, 0.717) is 25.8 Å². The van der Waals surface area contributed by atoms with E-state index in [9.17, 15) is 19.2 Å². The maximum atomic E-state index is 13.4. The molecule has 2 amide bonds. The summed E-state index contributed by atoms with van der Waals surface area (Å²) in [6.07, 6.45) is 4.48. The molecule has 4 aliphatic rings. The molecule has 2 aliphatic carbocycles. The number of carbonyl (C=O) groups excluding carboxylic acids is 2. The van der Waals surface area contributed by atoms with Crippen molar-refractivity contribution in [2.24, 2.45) is 29.6 Å². The molecule has 1 saturated heterocycles. The van der Waals surface area contributed by atoms with Crippen molar-refractivity contribution < 1.29 is 23.9 Å². The second-order valence-electron chi connectivity index (χ2n) is 9.51. The molecule has 8 nitrogen and oxygen atoms in total. The summed E-state index contributed by atoms with van der Waals surface area (Å²) in [6.45, 7) is 0.370. The number of nitrogens with zero attached hydrogens (tertiary/aromatic N) is 1. The fourth-order valence-corrected chi connectivity index (χ4v) is 9.68. The van der Waals surface area contributed by atoms with Crippen LogP contribution in [0.1, 0.15) is 48.7 Å². The Bertz CT molecular complexity index is 1170. The molecule has 10 heteroatoms. The van der Waals surface area contributed by atoms with Crippen LogP contribution in [0.25, 0.3) is 0 Å². The number of hydrogen-bond acceptors (Lipinski definition) is 7. The Morgan fingerprint density at radius 3 is 2.67 bits per heavy atom. The molecule has 2 bridgehead atoms. The van der Waals surface area contributed by atoms with E-state index in [1.807, 2.05) is 12.1 Å². The second-order valence-corrected chi connectivity index (χ2v) is 11.7. The van der Waals surface area contributed by atoms with Gasteiger partial charge in [0.1, 0.15) is 5.76 Å². The van der Waals surface area contributed by atoms with Gasteiger partial charge < -0.3 is 14.5 Å². The quantitative estimate of drug-likeness (QED) is 0.454. The molecule has 2 N–H and O–H groups in total. The molecular weight excluding hydrogens is 464 g/mol. The number of amides is 2. The minimum absolute atomic E-state index is 0.0612. The lowest BCUT2D eigenvalue weighted by Gasteiger charge is -2.42. The first kappa shape index (κ1) is 21.2. The van der Waals surface area contributed by atoms with Crippen LogP contribution in [0, 0.1) is 29.6 Å². The number of carbonyl (C=O) groups is 3. The van der Waals surface area contributed by atoms with E-state index in [4.69, 9.17) is 9.52 Å². The Morgan fingerprint density at radius 2 is 1.94 bits per heavy atom. The number of imide groups is 1. The first-order valence-corrected chi connectivity index (χ1v) is 13.2. The Labute approximate surface area is 197 Å². The van der Waals surface area contributed by atoms with E-state index in [1.165, 1.54) is 16.2 Å². The molecule has 2 aliphatic heterocycles. The summed E-state index contributed by atoms with van der Waals surface area (Å²) < 4.78 is 5.81. The summed E-state index contributed by atoms with van der Waals surface area (Å²) >= 11 is 2.89. The third-order valence-corrected chi connectivity index (χ3v) is 10.5. The third kappa shape index (κ3) is 3.17. The summed E-state index contributed by atoms with van der Waals surface area (Å²) in [4.78, 5) is 54.9. The van der Waals surface area contributed by atoms with E-state index >= 15 is 0 Å². The molecule has 3 fully saturated rings. The van der Waals surface area contributed by atoms with Crippen LogP contribution in [0.2, 0.25) is 0 Å². The fourth-order valence-electron chi connectivity index (χ4n) is 6.81. The molecule has 7 atom stereocenters. The van der Waals surface area contributed by atoms with Gasteiger partial charge in [-0.3, -0.25) is 24.1 Å². The lowest BCUT2D eigenvalue weighted by molar-refractivity contribution is -0.141. The average Bonchev–Trinajstić information content (AvgIpc) is 3.57. The standard InChI is InChI=1S/C23H24N2O6S2/c26-13(27)6-2-1-3-7-25-21(28)15-10-9-11(16(15)22(25)29)18-14(10)17(12-5-4-8-31-12)19-20(32-18)24-23(30)33-19/h4-5,8,10-11,14-18H,1-3,6-7,9H2,(H,24,30)(H,26,27)/t10-,11-,14+,15-,16-,17-,18+/m1/s1. The topological polar surface area (TPSA) is 121 Å². The highest BCUT2D eigenvalue weighted by Gasteiger charge is 2.69. The zero-order chi connectivity index (χ0) is 22.9. The Hall–Kier alpha value is -2.33. The fraction of sp³-hybridized carbons (Fsp3) is 0.565. The number of thiazole rings is 1. The van der Waals surface area contributed by atoms with Crippen LogP contribution in [-0.2, 0) is 14.4 Å². The SMILES string of the molecule is O=C(O)CCCCCN1C(=O)[C@@H]2[C@H]3C[C@@H]([C@H]2C1=O)[C@H]1[C@@H](c2ccco2)c2sc(=O)[nH]c2S[C@@H]31. The number of likely N-dealkylation sites (tertiary alicyclic amines) is 1. The van der Waals surface area contributed by atoms with Crippen LogP contribution in [0.4, 0.5) is 0 Å². The van der Waals surface area contributed by atoms with Gasteiger partial charge in [0.25, 0.3) is 0 Å². The highest BCUT2D eigenvalue weighted by Crippen LogP contribution is 2.68. The lowest BCUT2D eigenvalue weighted by Crippen LogP contribution is -2.42. The van der Waals surface area contributed by atoms with Gasteiger partial charge in [-0.05, 0) is 49.1 Å². The summed E-state index contributed by atoms with van der Waals surface area (Å²) in [5, 5.41) is 9.83. The number of aliphatic carboxylic acids is 1. The van der Waals surface area contributed by atoms with Gasteiger partial charge in [0.2, 0.25) is 11.8 Å². The van der Waals surface area contributed by atoms with E-state index in [-0.39, 0.29) is 63.9 Å². The van der Waals surface area contributed by atoms with Crippen molar-refractivity contribution in [1.82, 2.24) is 9.88 Å². The van der Waals surface area contributed by atoms with E-state index in [0.717, 1.165) is 22.1 Å². The number of H-pyrrole nitrogens is 1. The molecule has 0 aromatic carbocycles. The molecule has 4 heterocycles. The first-order chi connectivity index (χ1) is 16.0. The highest BCUT2D eigenvalue weighted by molar-refractivity contribution is 8.00. The first-order valence-electron chi connectivity index (χ1n) is 11.5. The maximum Gasteiger partial charge on any atom is 0.305 e. The third-order valence-electron chi connectivity index (χ3n) is 7.94. The predicted octanol–water partition coefficient (Wildman–Crippen LogP) is 3.15. The van der Waals surface area contributed by atoms with Gasteiger partial charge in [-0.15, -0.1) is 11.8 Å². The van der Waals surface area contributed by atoms with Gasteiger partial charge in [-0.2, -0.15) is 0 Å². The number of fused-ring (bicyclic) bond motifs is 9. The molecule has 2 aromatic rings. The number of unbranched alkanes of at least 4 members (excludes halogenated alkanes) is 2. The van der Waals surface area contributed by atoms with Gasteiger partial charge in [0.15, 0.2) is 0 Å². The Morgan fingerprint density at radius 1 is 1.15 bits per heavy atom. The van der Waals surface area contributed by atoms with Crippen molar-refractivity contribution >= 4 is 40.9 Å². The van der Waals surface area contributed by atoms with Crippen molar-refractivity contribution in [2.45, 2.75) is 48.3 Å². The van der Waals surface area contributed by atoms with Crippen LogP contribution >= 0.6 is 23.1 Å². The lowest BCUT2D eigenvalue weighted by atomic mass is 9.69. The number of carboxylic acids is 1. The second kappa shape index (κ2) is 7.87. The zero-order valence-electron chi connectivity index (χ0n) is 17.8. The van der Waals surface area contributed by atoms with Crippen molar-refractivity contribution in [3.8, 4) is 0 Å². The van der Waals surface area contributed by atoms with Gasteiger partial charge in [0, 0.05) is 18.2 Å². The molecular formula is C23H24N2O6S2. The minimum Gasteiger partial charge on any atom is -0.481 e. The number of furan rings is 1. The van der Waals surface area contributed by atoms with Crippen molar-refractivity contribution in [2.75, 3.05) is 6.54 Å². The van der Waals surface area contributed by atoms with Crippen molar-refractivity contribution in [3.05, 3.63) is 38.7 Å². The van der Waals surface area contributed by atoms with Gasteiger partial charge in [-0.25, -0.2) is 0 Å². The van der Waals surface area contributed by atoms with Crippen LogP contribution in [0.5, 0.6) is 0 Å². The van der Waals surface area contributed by atoms with E-state index < -0.39 is 5.97 Å². The highest BCUT2D eigenvalue weighted by atomic mass is 32.2. The molecule has 2 saturated carbocycles. The minimum atomic E-state index is -0.824. The number of hydrogen-bond donors (Lipinski definition) is 2. The molecule has 33 heavy (non-hydrogen) atoms. The van der Waals surface area contributed by atoms with Crippen LogP contribution in [-0.4, -0.2) is 44.6 Å². The zero-order valence-corrected chi connectivity index (χ0v) is 19.4. The smallest absolute Gasteiger partial charge is 0.305 e. The number of aromatic amines is 1. The van der Waals surface area contributed by atoms with Crippen LogP contribution < -0.4 is 4.87 Å². The Kier molecular flexibility index (Phi) is 5.06. The number of rotatable bonds is 7. The summed E-state index contributed by atoms with van der Waals surface area (Å²) in [7, 11) is 0.